The molecule has 2 aromatic rings. The monoisotopic (exact) mass is 331 g/mol. The number of hydrogen-bond donors (Lipinski definition) is 1. The normalized spacial score (nSPS) is 12.2. The third kappa shape index (κ3) is 3.86. The number of rotatable bonds is 5. The highest BCUT2D eigenvalue weighted by atomic mass is 79.9. The molecule has 1 N–H and O–H groups in total. The molecule has 0 radical (unpaired) electrons. The summed E-state index contributed by atoms with van der Waals surface area (Å²) < 4.78 is 1.17. The topological polar surface area (TPSA) is 12.0 Å². The van der Waals surface area contributed by atoms with E-state index in [2.05, 4.69) is 84.5 Å². The van der Waals surface area contributed by atoms with Crippen molar-refractivity contribution in [3.8, 4) is 0 Å². The van der Waals surface area contributed by atoms with E-state index in [-0.39, 0.29) is 0 Å². The van der Waals surface area contributed by atoms with Gasteiger partial charge in [0, 0.05) is 16.7 Å². The van der Waals surface area contributed by atoms with E-state index in [4.69, 9.17) is 0 Å². The summed E-state index contributed by atoms with van der Waals surface area (Å²) in [7, 11) is 0. The standard InChI is InChI=1S/C18H22BrN/c1-4-13(2)16-6-8-17(9-7-16)20-12-15-5-10-18(19)14(3)11-15/h5-11,13,20H,4,12H2,1-3H3. The van der Waals surface area contributed by atoms with E-state index in [9.17, 15) is 0 Å². The van der Waals surface area contributed by atoms with Crippen LogP contribution in [0, 0.1) is 6.92 Å². The SMILES string of the molecule is CCC(C)c1ccc(NCc2ccc(Br)c(C)c2)cc1. The second kappa shape index (κ2) is 6.94. The summed E-state index contributed by atoms with van der Waals surface area (Å²) in [4.78, 5) is 0. The van der Waals surface area contributed by atoms with Gasteiger partial charge in [0.25, 0.3) is 0 Å². The summed E-state index contributed by atoms with van der Waals surface area (Å²) in [6.07, 6.45) is 1.19. The smallest absolute Gasteiger partial charge is 0.0400 e. The predicted octanol–water partition coefficient (Wildman–Crippen LogP) is 5.88. The number of aryl methyl sites for hydroxylation is 1. The lowest BCUT2D eigenvalue weighted by Crippen LogP contribution is -2.00. The predicted molar refractivity (Wildman–Crippen MR) is 91.4 cm³/mol. The first-order valence-corrected chi connectivity index (χ1v) is 7.98. The molecule has 1 nitrogen and oxygen atoms in total. The Morgan fingerprint density at radius 1 is 1.10 bits per heavy atom. The third-order valence-electron chi connectivity index (χ3n) is 3.81. The van der Waals surface area contributed by atoms with Gasteiger partial charge in [-0.1, -0.05) is 54.0 Å². The van der Waals surface area contributed by atoms with E-state index in [0.717, 1.165) is 6.54 Å². The Morgan fingerprint density at radius 2 is 1.80 bits per heavy atom. The maximum absolute atomic E-state index is 3.53. The molecular formula is C18H22BrN. The molecule has 0 aromatic heterocycles. The van der Waals surface area contributed by atoms with Crippen LogP contribution in [-0.4, -0.2) is 0 Å². The van der Waals surface area contributed by atoms with Crippen molar-refractivity contribution in [3.63, 3.8) is 0 Å². The maximum Gasteiger partial charge on any atom is 0.0400 e. The summed E-state index contributed by atoms with van der Waals surface area (Å²) in [5.41, 5.74) is 5.17. The minimum absolute atomic E-state index is 0.637. The Labute approximate surface area is 130 Å². The molecule has 2 heteroatoms. The van der Waals surface area contributed by atoms with Gasteiger partial charge in [-0.3, -0.25) is 0 Å². The van der Waals surface area contributed by atoms with Gasteiger partial charge < -0.3 is 5.32 Å². The van der Waals surface area contributed by atoms with Crippen molar-refractivity contribution < 1.29 is 0 Å². The molecule has 0 fully saturated rings. The van der Waals surface area contributed by atoms with Gasteiger partial charge in [-0.2, -0.15) is 0 Å². The second-order valence-electron chi connectivity index (χ2n) is 5.37. The van der Waals surface area contributed by atoms with E-state index < -0.39 is 0 Å². The summed E-state index contributed by atoms with van der Waals surface area (Å²) in [5.74, 6) is 0.637. The number of nitrogens with one attached hydrogen (secondary N) is 1. The van der Waals surface area contributed by atoms with Crippen LogP contribution in [-0.2, 0) is 6.54 Å². The van der Waals surface area contributed by atoms with Crippen molar-refractivity contribution >= 4 is 21.6 Å². The molecule has 0 aliphatic heterocycles. The Balaban J connectivity index is 1.98. The zero-order valence-electron chi connectivity index (χ0n) is 12.4. The summed E-state index contributed by atoms with van der Waals surface area (Å²) >= 11 is 3.53. The average Bonchev–Trinajstić information content (AvgIpc) is 2.48. The van der Waals surface area contributed by atoms with E-state index in [1.54, 1.807) is 0 Å². The molecule has 0 saturated carbocycles. The molecule has 106 valence electrons. The zero-order chi connectivity index (χ0) is 14.5. The largest absolute Gasteiger partial charge is 0.381 e. The highest BCUT2D eigenvalue weighted by Gasteiger charge is 2.02. The number of anilines is 1. The number of benzene rings is 2. The van der Waals surface area contributed by atoms with Gasteiger partial charge in [-0.05, 0) is 54.2 Å². The molecule has 1 unspecified atom stereocenters. The molecule has 20 heavy (non-hydrogen) atoms. The van der Waals surface area contributed by atoms with E-state index in [0.29, 0.717) is 5.92 Å². The van der Waals surface area contributed by atoms with Crippen LogP contribution in [0.5, 0.6) is 0 Å². The van der Waals surface area contributed by atoms with Gasteiger partial charge >= 0.3 is 0 Å². The molecule has 0 aliphatic carbocycles. The molecule has 0 heterocycles. The lowest BCUT2D eigenvalue weighted by Gasteiger charge is -2.11. The number of hydrogen-bond acceptors (Lipinski definition) is 1. The maximum atomic E-state index is 3.53. The van der Waals surface area contributed by atoms with Crippen LogP contribution in [0.2, 0.25) is 0 Å². The molecule has 0 aliphatic rings. The van der Waals surface area contributed by atoms with Gasteiger partial charge in [0.05, 0.1) is 0 Å². The van der Waals surface area contributed by atoms with Crippen LogP contribution in [0.25, 0.3) is 0 Å². The van der Waals surface area contributed by atoms with Crippen molar-refractivity contribution in [1.82, 2.24) is 0 Å². The molecule has 0 amide bonds. The van der Waals surface area contributed by atoms with Gasteiger partial charge in [0.1, 0.15) is 0 Å². The zero-order valence-corrected chi connectivity index (χ0v) is 14.0. The molecule has 2 rings (SSSR count). The van der Waals surface area contributed by atoms with Crippen molar-refractivity contribution in [2.24, 2.45) is 0 Å². The Bertz CT molecular complexity index is 560. The van der Waals surface area contributed by atoms with Crippen LogP contribution in [0.3, 0.4) is 0 Å². The summed E-state index contributed by atoms with van der Waals surface area (Å²) in [6.45, 7) is 7.48. The fourth-order valence-electron chi connectivity index (χ4n) is 2.19. The summed E-state index contributed by atoms with van der Waals surface area (Å²) in [5, 5.41) is 3.48. The van der Waals surface area contributed by atoms with E-state index in [1.165, 1.54) is 33.3 Å². The first-order valence-electron chi connectivity index (χ1n) is 7.19. The lowest BCUT2D eigenvalue weighted by atomic mass is 9.98. The van der Waals surface area contributed by atoms with Gasteiger partial charge in [-0.25, -0.2) is 0 Å². The molecule has 0 saturated heterocycles. The minimum atomic E-state index is 0.637. The van der Waals surface area contributed by atoms with Crippen molar-refractivity contribution in [2.45, 2.75) is 39.7 Å². The molecule has 1 atom stereocenters. The fraction of sp³-hybridized carbons (Fsp3) is 0.333. The van der Waals surface area contributed by atoms with Crippen LogP contribution in [0.4, 0.5) is 5.69 Å². The van der Waals surface area contributed by atoms with Gasteiger partial charge in [-0.15, -0.1) is 0 Å². The number of halogens is 1. The molecule has 2 aromatic carbocycles. The Kier molecular flexibility index (Phi) is 5.24. The van der Waals surface area contributed by atoms with Crippen molar-refractivity contribution in [2.75, 3.05) is 5.32 Å². The van der Waals surface area contributed by atoms with Crippen molar-refractivity contribution in [3.05, 3.63) is 63.6 Å². The molecule has 0 spiro atoms. The van der Waals surface area contributed by atoms with Crippen LogP contribution < -0.4 is 5.32 Å². The highest BCUT2D eigenvalue weighted by Crippen LogP contribution is 2.21. The first kappa shape index (κ1) is 15.1. The summed E-state index contributed by atoms with van der Waals surface area (Å²) in [6, 6.07) is 15.3. The minimum Gasteiger partial charge on any atom is -0.381 e. The Hall–Kier alpha value is -1.28. The van der Waals surface area contributed by atoms with Crippen LogP contribution >= 0.6 is 15.9 Å². The second-order valence-corrected chi connectivity index (χ2v) is 6.22. The average molecular weight is 332 g/mol. The quantitative estimate of drug-likeness (QED) is 0.720. The third-order valence-corrected chi connectivity index (χ3v) is 4.70. The molecule has 0 bridgehead atoms. The van der Waals surface area contributed by atoms with Gasteiger partial charge in [0.2, 0.25) is 0 Å². The fourth-order valence-corrected chi connectivity index (χ4v) is 2.43. The first-order chi connectivity index (χ1) is 9.60. The van der Waals surface area contributed by atoms with E-state index in [1.807, 2.05) is 0 Å². The van der Waals surface area contributed by atoms with Crippen LogP contribution in [0.15, 0.2) is 46.9 Å². The van der Waals surface area contributed by atoms with Crippen LogP contribution in [0.1, 0.15) is 42.9 Å². The lowest BCUT2D eigenvalue weighted by molar-refractivity contribution is 0.734. The van der Waals surface area contributed by atoms with Gasteiger partial charge in [0.15, 0.2) is 0 Å². The van der Waals surface area contributed by atoms with Crippen molar-refractivity contribution in [1.29, 1.82) is 0 Å². The van der Waals surface area contributed by atoms with E-state index >= 15 is 0 Å². The Morgan fingerprint density at radius 3 is 2.40 bits per heavy atom. The highest BCUT2D eigenvalue weighted by molar-refractivity contribution is 9.10. The molecular weight excluding hydrogens is 310 g/mol.